The van der Waals surface area contributed by atoms with Crippen LogP contribution in [0.1, 0.15) is 5.56 Å². The molecule has 1 amide bonds. The molecular formula is C21H19Cl2N3O6S2. The predicted octanol–water partition coefficient (Wildman–Crippen LogP) is 3.77. The number of benzene rings is 3. The van der Waals surface area contributed by atoms with Crippen LogP contribution in [0.25, 0.3) is 0 Å². The number of carbonyl (C=O) groups excluding carboxylic acids is 1. The molecule has 0 unspecified atom stereocenters. The highest BCUT2D eigenvalue weighted by molar-refractivity contribution is 7.92. The van der Waals surface area contributed by atoms with E-state index in [1.807, 2.05) is 0 Å². The van der Waals surface area contributed by atoms with Crippen LogP contribution < -0.4 is 19.9 Å². The van der Waals surface area contributed by atoms with Crippen molar-refractivity contribution in [2.45, 2.75) is 16.7 Å². The minimum Gasteiger partial charge on any atom is -0.482 e. The average Bonchev–Trinajstić information content (AvgIpc) is 2.74. The third-order valence-electron chi connectivity index (χ3n) is 4.47. The second kappa shape index (κ2) is 10.2. The molecule has 0 aliphatic rings. The van der Waals surface area contributed by atoms with Gasteiger partial charge >= 0.3 is 0 Å². The number of halogens is 2. The molecule has 180 valence electrons. The summed E-state index contributed by atoms with van der Waals surface area (Å²) < 4.78 is 56.2. The van der Waals surface area contributed by atoms with Crippen molar-refractivity contribution in [1.82, 2.24) is 0 Å². The van der Waals surface area contributed by atoms with Crippen molar-refractivity contribution in [1.29, 1.82) is 0 Å². The van der Waals surface area contributed by atoms with Crippen LogP contribution in [0.3, 0.4) is 0 Å². The van der Waals surface area contributed by atoms with Gasteiger partial charge in [0, 0.05) is 15.7 Å². The molecule has 34 heavy (non-hydrogen) atoms. The minimum absolute atomic E-state index is 0.0287. The van der Waals surface area contributed by atoms with Crippen LogP contribution in [-0.4, -0.2) is 29.3 Å². The summed E-state index contributed by atoms with van der Waals surface area (Å²) in [5, 5.41) is 8.32. The van der Waals surface area contributed by atoms with Crippen molar-refractivity contribution in [3.8, 4) is 5.75 Å². The zero-order valence-corrected chi connectivity index (χ0v) is 20.7. The SMILES string of the molecule is Cc1cc(S(N)(=O)=O)ccc1NC(=O)COc1ccc(Cl)cc1NS(=O)(=O)c1ccc(Cl)cc1. The van der Waals surface area contributed by atoms with Crippen LogP contribution in [0.4, 0.5) is 11.4 Å². The maximum atomic E-state index is 12.7. The molecule has 0 saturated carbocycles. The van der Waals surface area contributed by atoms with Crippen molar-refractivity contribution in [3.05, 3.63) is 76.3 Å². The lowest BCUT2D eigenvalue weighted by molar-refractivity contribution is -0.118. The summed E-state index contributed by atoms with van der Waals surface area (Å²) >= 11 is 11.8. The van der Waals surface area contributed by atoms with Crippen molar-refractivity contribution in [3.63, 3.8) is 0 Å². The smallest absolute Gasteiger partial charge is 0.262 e. The third kappa shape index (κ3) is 6.61. The molecule has 0 bridgehead atoms. The maximum Gasteiger partial charge on any atom is 0.262 e. The molecule has 0 heterocycles. The Hall–Kier alpha value is -2.83. The average molecular weight is 544 g/mol. The number of nitrogens with one attached hydrogen (secondary N) is 2. The molecule has 13 heteroatoms. The third-order valence-corrected chi connectivity index (χ3v) is 7.25. The Morgan fingerprint density at radius 1 is 0.882 bits per heavy atom. The van der Waals surface area contributed by atoms with E-state index in [-0.39, 0.29) is 26.3 Å². The first-order valence-corrected chi connectivity index (χ1v) is 13.3. The van der Waals surface area contributed by atoms with Gasteiger partial charge in [0.2, 0.25) is 10.0 Å². The summed E-state index contributed by atoms with van der Waals surface area (Å²) in [6.45, 7) is 1.14. The van der Waals surface area contributed by atoms with E-state index in [2.05, 4.69) is 10.0 Å². The largest absolute Gasteiger partial charge is 0.482 e. The van der Waals surface area contributed by atoms with Gasteiger partial charge in [-0.1, -0.05) is 23.2 Å². The molecule has 4 N–H and O–H groups in total. The number of aryl methyl sites for hydroxylation is 1. The lowest BCUT2D eigenvalue weighted by Gasteiger charge is -2.15. The number of sulfonamides is 2. The van der Waals surface area contributed by atoms with Crippen molar-refractivity contribution < 1.29 is 26.4 Å². The molecule has 0 aliphatic carbocycles. The Bertz CT molecular complexity index is 1440. The summed E-state index contributed by atoms with van der Waals surface area (Å²) in [7, 11) is -7.86. The summed E-state index contributed by atoms with van der Waals surface area (Å²) in [4.78, 5) is 12.3. The number of amides is 1. The van der Waals surface area contributed by atoms with E-state index >= 15 is 0 Å². The molecule has 9 nitrogen and oxygen atoms in total. The number of hydrogen-bond acceptors (Lipinski definition) is 6. The van der Waals surface area contributed by atoms with E-state index in [4.69, 9.17) is 33.1 Å². The molecule has 0 fully saturated rings. The van der Waals surface area contributed by atoms with E-state index in [0.717, 1.165) is 0 Å². The topological polar surface area (TPSA) is 145 Å². The maximum absolute atomic E-state index is 12.7. The van der Waals surface area contributed by atoms with Crippen LogP contribution in [0.5, 0.6) is 5.75 Å². The fourth-order valence-electron chi connectivity index (χ4n) is 2.81. The van der Waals surface area contributed by atoms with Gasteiger partial charge in [0.1, 0.15) is 5.75 Å². The van der Waals surface area contributed by atoms with Gasteiger partial charge in [-0.3, -0.25) is 9.52 Å². The van der Waals surface area contributed by atoms with Gasteiger partial charge in [0.25, 0.3) is 15.9 Å². The summed E-state index contributed by atoms with van der Waals surface area (Å²) in [5.41, 5.74) is 0.868. The number of primary sulfonamides is 1. The molecule has 0 radical (unpaired) electrons. The number of nitrogens with two attached hydrogens (primary N) is 1. The Morgan fingerprint density at radius 2 is 1.50 bits per heavy atom. The minimum atomic E-state index is -3.99. The summed E-state index contributed by atoms with van der Waals surface area (Å²) in [6, 6.07) is 13.8. The van der Waals surface area contributed by atoms with Crippen LogP contribution in [-0.2, 0) is 24.8 Å². The first-order chi connectivity index (χ1) is 15.8. The number of hydrogen-bond donors (Lipinski definition) is 3. The van der Waals surface area contributed by atoms with E-state index in [9.17, 15) is 21.6 Å². The fraction of sp³-hybridized carbons (Fsp3) is 0.0952. The van der Waals surface area contributed by atoms with Crippen LogP contribution in [0.2, 0.25) is 10.0 Å². The first kappa shape index (κ1) is 25.8. The van der Waals surface area contributed by atoms with Crippen LogP contribution >= 0.6 is 23.2 Å². The lowest BCUT2D eigenvalue weighted by Crippen LogP contribution is -2.21. The molecule has 3 aromatic rings. The lowest BCUT2D eigenvalue weighted by atomic mass is 10.2. The van der Waals surface area contributed by atoms with E-state index in [1.54, 1.807) is 6.92 Å². The normalized spacial score (nSPS) is 11.6. The Labute approximate surface area is 206 Å². The van der Waals surface area contributed by atoms with Gasteiger partial charge in [0.15, 0.2) is 6.61 Å². The second-order valence-electron chi connectivity index (χ2n) is 7.06. The number of anilines is 2. The zero-order chi connectivity index (χ0) is 25.1. The molecule has 0 spiro atoms. The Balaban J connectivity index is 1.73. The molecule has 3 rings (SSSR count). The van der Waals surface area contributed by atoms with Crippen molar-refractivity contribution in [2.75, 3.05) is 16.6 Å². The molecule has 0 atom stereocenters. The second-order valence-corrected chi connectivity index (χ2v) is 11.2. The zero-order valence-electron chi connectivity index (χ0n) is 17.6. The molecule has 0 saturated heterocycles. The van der Waals surface area contributed by atoms with Crippen molar-refractivity contribution in [2.24, 2.45) is 5.14 Å². The summed E-state index contributed by atoms with van der Waals surface area (Å²) in [6.07, 6.45) is 0. The monoisotopic (exact) mass is 543 g/mol. The van der Waals surface area contributed by atoms with Crippen molar-refractivity contribution >= 4 is 60.5 Å². The molecular weight excluding hydrogens is 525 g/mol. The standard InChI is InChI=1S/C21H19Cl2N3O6S2/c1-13-10-17(33(24,28)29)7-8-18(13)25-21(27)12-32-20-9-4-15(23)11-19(20)26-34(30,31)16-5-2-14(22)3-6-16/h2-11,26H,12H2,1H3,(H,25,27)(H2,24,28,29). The van der Waals surface area contributed by atoms with E-state index < -0.39 is 32.6 Å². The predicted molar refractivity (Wildman–Crippen MR) is 130 cm³/mol. The highest BCUT2D eigenvalue weighted by Gasteiger charge is 2.18. The van der Waals surface area contributed by atoms with Gasteiger partial charge in [-0.05, 0) is 73.2 Å². The van der Waals surface area contributed by atoms with Crippen LogP contribution in [0, 0.1) is 6.92 Å². The number of rotatable bonds is 8. The highest BCUT2D eigenvalue weighted by Crippen LogP contribution is 2.30. The Kier molecular flexibility index (Phi) is 7.74. The molecule has 0 aliphatic heterocycles. The van der Waals surface area contributed by atoms with Crippen LogP contribution in [0.15, 0.2) is 70.5 Å². The highest BCUT2D eigenvalue weighted by atomic mass is 35.5. The Morgan fingerprint density at radius 3 is 2.12 bits per heavy atom. The van der Waals surface area contributed by atoms with Gasteiger partial charge in [-0.2, -0.15) is 0 Å². The fourth-order valence-corrected chi connectivity index (χ4v) is 4.77. The number of ether oxygens (including phenoxy) is 1. The van der Waals surface area contributed by atoms with E-state index in [1.165, 1.54) is 60.7 Å². The van der Waals surface area contributed by atoms with Gasteiger partial charge < -0.3 is 10.1 Å². The molecule has 3 aromatic carbocycles. The quantitative estimate of drug-likeness (QED) is 0.394. The van der Waals surface area contributed by atoms with Gasteiger partial charge in [0.05, 0.1) is 15.5 Å². The first-order valence-electron chi connectivity index (χ1n) is 9.49. The summed E-state index contributed by atoms with van der Waals surface area (Å²) in [5.74, 6) is -0.494. The van der Waals surface area contributed by atoms with Gasteiger partial charge in [-0.25, -0.2) is 22.0 Å². The number of carbonyl (C=O) groups is 1. The van der Waals surface area contributed by atoms with Gasteiger partial charge in [-0.15, -0.1) is 0 Å². The molecule has 0 aromatic heterocycles. The van der Waals surface area contributed by atoms with E-state index in [0.29, 0.717) is 16.3 Å².